The minimum absolute atomic E-state index is 0.0773. The largest absolute Gasteiger partial charge is 0.453 e. The first-order chi connectivity index (χ1) is 13.5. The molecule has 6 nitrogen and oxygen atoms in total. The molecule has 0 radical (unpaired) electrons. The van der Waals surface area contributed by atoms with Gasteiger partial charge in [-0.2, -0.15) is 0 Å². The molecular weight excluding hydrogens is 361 g/mol. The zero-order valence-corrected chi connectivity index (χ0v) is 15.8. The van der Waals surface area contributed by atoms with Gasteiger partial charge in [0, 0.05) is 24.8 Å². The maximum absolute atomic E-state index is 13.4. The molecule has 3 rings (SSSR count). The summed E-state index contributed by atoms with van der Waals surface area (Å²) in [5.74, 6) is -0.253. The van der Waals surface area contributed by atoms with E-state index in [9.17, 15) is 14.0 Å². The molecular formula is C21H24FN3O3. The van der Waals surface area contributed by atoms with Crippen molar-refractivity contribution < 1.29 is 18.7 Å². The summed E-state index contributed by atoms with van der Waals surface area (Å²) >= 11 is 0. The molecule has 1 aliphatic heterocycles. The minimum atomic E-state index is -0.528. The van der Waals surface area contributed by atoms with E-state index in [2.05, 4.69) is 15.4 Å². The van der Waals surface area contributed by atoms with Gasteiger partial charge in [0.2, 0.25) is 0 Å². The lowest BCUT2D eigenvalue weighted by molar-refractivity contribution is 0.187. The minimum Gasteiger partial charge on any atom is -0.453 e. The van der Waals surface area contributed by atoms with E-state index >= 15 is 0 Å². The van der Waals surface area contributed by atoms with Crippen molar-refractivity contribution in [2.45, 2.75) is 31.8 Å². The van der Waals surface area contributed by atoms with Gasteiger partial charge in [-0.25, -0.2) is 14.0 Å². The van der Waals surface area contributed by atoms with Crippen molar-refractivity contribution in [3.63, 3.8) is 0 Å². The van der Waals surface area contributed by atoms with Crippen LogP contribution in [0.3, 0.4) is 0 Å². The third-order valence-electron chi connectivity index (χ3n) is 4.83. The molecule has 2 aromatic rings. The molecule has 3 amide bonds. The zero-order chi connectivity index (χ0) is 19.9. The molecule has 2 N–H and O–H groups in total. The van der Waals surface area contributed by atoms with Crippen LogP contribution in [0, 0.1) is 5.82 Å². The van der Waals surface area contributed by atoms with Crippen LogP contribution in [-0.4, -0.2) is 36.7 Å². The Morgan fingerprint density at radius 3 is 2.68 bits per heavy atom. The average Bonchev–Trinajstić information content (AvgIpc) is 3.15. The number of benzene rings is 2. The average molecular weight is 385 g/mol. The second kappa shape index (κ2) is 9.21. The van der Waals surface area contributed by atoms with Gasteiger partial charge >= 0.3 is 12.1 Å². The summed E-state index contributed by atoms with van der Waals surface area (Å²) in [4.78, 5) is 25.6. The smallest absolute Gasteiger partial charge is 0.411 e. The molecule has 0 aliphatic carbocycles. The number of ether oxygens (including phenoxy) is 1. The molecule has 1 fully saturated rings. The highest BCUT2D eigenvalue weighted by Crippen LogP contribution is 2.22. The highest BCUT2D eigenvalue weighted by Gasteiger charge is 2.28. The number of nitrogens with zero attached hydrogens (tertiary/aromatic N) is 1. The first kappa shape index (κ1) is 19.7. The van der Waals surface area contributed by atoms with Gasteiger partial charge in [0.15, 0.2) is 0 Å². The molecule has 0 saturated carbocycles. The van der Waals surface area contributed by atoms with Crippen LogP contribution in [0.15, 0.2) is 48.5 Å². The number of halogens is 1. The first-order valence-electron chi connectivity index (χ1n) is 9.28. The van der Waals surface area contributed by atoms with Gasteiger partial charge in [0.05, 0.1) is 7.11 Å². The van der Waals surface area contributed by atoms with E-state index in [1.807, 2.05) is 23.1 Å². The summed E-state index contributed by atoms with van der Waals surface area (Å²) in [6.07, 6.45) is 1.98. The van der Waals surface area contributed by atoms with E-state index in [0.29, 0.717) is 25.2 Å². The number of amides is 3. The van der Waals surface area contributed by atoms with Gasteiger partial charge in [0.25, 0.3) is 0 Å². The van der Waals surface area contributed by atoms with Crippen molar-refractivity contribution in [3.8, 4) is 0 Å². The Morgan fingerprint density at radius 1 is 1.18 bits per heavy atom. The molecule has 1 unspecified atom stereocenters. The number of likely N-dealkylation sites (tertiary alicyclic amines) is 1. The molecule has 1 aliphatic rings. The van der Waals surface area contributed by atoms with E-state index in [1.165, 1.54) is 19.2 Å². The van der Waals surface area contributed by atoms with Gasteiger partial charge in [-0.15, -0.1) is 0 Å². The van der Waals surface area contributed by atoms with Crippen molar-refractivity contribution in [3.05, 3.63) is 65.5 Å². The second-order valence-electron chi connectivity index (χ2n) is 6.80. The Labute approximate surface area is 163 Å². The number of rotatable bonds is 5. The summed E-state index contributed by atoms with van der Waals surface area (Å²) in [5.41, 5.74) is 2.44. The predicted octanol–water partition coefficient (Wildman–Crippen LogP) is 3.92. The molecule has 0 bridgehead atoms. The van der Waals surface area contributed by atoms with E-state index in [-0.39, 0.29) is 17.9 Å². The number of hydrogen-bond donors (Lipinski definition) is 2. The standard InChI is InChI=1S/C21H24FN3O3/c1-28-21(27)24-18-9-7-15(8-10-18)14-23-20(26)25-11-3-6-19(25)13-16-4-2-5-17(22)12-16/h2,4-5,7-10,12,19H,3,6,11,13-14H2,1H3,(H,23,26)(H,24,27). The SMILES string of the molecule is COC(=O)Nc1ccc(CNC(=O)N2CCCC2Cc2cccc(F)c2)cc1. The molecule has 1 saturated heterocycles. The van der Waals surface area contributed by atoms with Crippen LogP contribution in [0.25, 0.3) is 0 Å². The van der Waals surface area contributed by atoms with Crippen molar-refractivity contribution in [1.82, 2.24) is 10.2 Å². The van der Waals surface area contributed by atoms with Crippen LogP contribution in [0.1, 0.15) is 24.0 Å². The Balaban J connectivity index is 1.53. The van der Waals surface area contributed by atoms with Crippen LogP contribution >= 0.6 is 0 Å². The second-order valence-corrected chi connectivity index (χ2v) is 6.80. The molecule has 2 aromatic carbocycles. The fourth-order valence-corrected chi connectivity index (χ4v) is 3.41. The maximum atomic E-state index is 13.4. The third kappa shape index (κ3) is 5.22. The predicted molar refractivity (Wildman–Crippen MR) is 105 cm³/mol. The normalized spacial score (nSPS) is 15.9. The van der Waals surface area contributed by atoms with E-state index < -0.39 is 6.09 Å². The zero-order valence-electron chi connectivity index (χ0n) is 15.8. The van der Waals surface area contributed by atoms with Gasteiger partial charge in [0.1, 0.15) is 5.82 Å². The maximum Gasteiger partial charge on any atom is 0.411 e. The number of carbonyl (C=O) groups is 2. The van der Waals surface area contributed by atoms with Gasteiger partial charge in [-0.3, -0.25) is 5.32 Å². The van der Waals surface area contributed by atoms with Crippen LogP contribution in [0.4, 0.5) is 19.7 Å². The highest BCUT2D eigenvalue weighted by atomic mass is 19.1. The third-order valence-corrected chi connectivity index (χ3v) is 4.83. The summed E-state index contributed by atoms with van der Waals surface area (Å²) in [6.45, 7) is 1.09. The topological polar surface area (TPSA) is 70.7 Å². The van der Waals surface area contributed by atoms with E-state index in [0.717, 1.165) is 24.0 Å². The highest BCUT2D eigenvalue weighted by molar-refractivity contribution is 5.84. The molecule has 0 spiro atoms. The van der Waals surface area contributed by atoms with Crippen LogP contribution in [0.5, 0.6) is 0 Å². The Kier molecular flexibility index (Phi) is 6.47. The molecule has 148 valence electrons. The van der Waals surface area contributed by atoms with Gasteiger partial charge in [-0.1, -0.05) is 24.3 Å². The number of anilines is 1. The van der Waals surface area contributed by atoms with Crippen LogP contribution in [0.2, 0.25) is 0 Å². The number of carbonyl (C=O) groups excluding carboxylic acids is 2. The molecule has 7 heteroatoms. The fraction of sp³-hybridized carbons (Fsp3) is 0.333. The Bertz CT molecular complexity index is 826. The van der Waals surface area contributed by atoms with Crippen molar-refractivity contribution in [2.24, 2.45) is 0 Å². The summed E-state index contributed by atoms with van der Waals surface area (Å²) in [5, 5.41) is 5.52. The quantitative estimate of drug-likeness (QED) is 0.820. The first-order valence-corrected chi connectivity index (χ1v) is 9.28. The lowest BCUT2D eigenvalue weighted by Crippen LogP contribution is -2.43. The number of hydrogen-bond acceptors (Lipinski definition) is 3. The summed E-state index contributed by atoms with van der Waals surface area (Å²) < 4.78 is 17.9. The molecule has 1 heterocycles. The van der Waals surface area contributed by atoms with Crippen molar-refractivity contribution in [2.75, 3.05) is 19.0 Å². The lowest BCUT2D eigenvalue weighted by atomic mass is 10.0. The lowest BCUT2D eigenvalue weighted by Gasteiger charge is -2.25. The molecule has 1 atom stereocenters. The number of methoxy groups -OCH3 is 1. The van der Waals surface area contributed by atoms with E-state index in [4.69, 9.17) is 0 Å². The Hall–Kier alpha value is -3.09. The number of nitrogens with one attached hydrogen (secondary N) is 2. The monoisotopic (exact) mass is 385 g/mol. The van der Waals surface area contributed by atoms with Gasteiger partial charge in [-0.05, 0) is 54.7 Å². The van der Waals surface area contributed by atoms with Crippen LogP contribution < -0.4 is 10.6 Å². The number of urea groups is 1. The Morgan fingerprint density at radius 2 is 1.96 bits per heavy atom. The van der Waals surface area contributed by atoms with E-state index in [1.54, 1.807) is 18.2 Å². The molecule has 28 heavy (non-hydrogen) atoms. The van der Waals surface area contributed by atoms with Crippen LogP contribution in [-0.2, 0) is 17.7 Å². The summed E-state index contributed by atoms with van der Waals surface area (Å²) in [7, 11) is 1.30. The fourth-order valence-electron chi connectivity index (χ4n) is 3.41. The van der Waals surface area contributed by atoms with Gasteiger partial charge < -0.3 is 15.0 Å². The summed E-state index contributed by atoms with van der Waals surface area (Å²) in [6, 6.07) is 13.7. The van der Waals surface area contributed by atoms with Crippen molar-refractivity contribution in [1.29, 1.82) is 0 Å². The molecule has 0 aromatic heterocycles. The van der Waals surface area contributed by atoms with Crippen molar-refractivity contribution >= 4 is 17.8 Å².